The molecule has 1 aromatic carbocycles. The lowest BCUT2D eigenvalue weighted by molar-refractivity contribution is -0.137. The van der Waals surface area contributed by atoms with Gasteiger partial charge in [-0.2, -0.15) is 13.2 Å². The number of hydrogen-bond acceptors (Lipinski definition) is 4. The topological polar surface area (TPSA) is 84.5 Å². The van der Waals surface area contributed by atoms with Crippen LogP contribution >= 0.6 is 15.9 Å². The minimum atomic E-state index is -4.66. The molecule has 11 heteroatoms. The van der Waals surface area contributed by atoms with Crippen molar-refractivity contribution in [2.24, 2.45) is 0 Å². The van der Waals surface area contributed by atoms with Crippen molar-refractivity contribution in [3.63, 3.8) is 0 Å². The summed E-state index contributed by atoms with van der Waals surface area (Å²) in [5, 5.41) is 2.45. The van der Waals surface area contributed by atoms with Gasteiger partial charge in [-0.15, -0.1) is 0 Å². The SMILES string of the molecule is CC(C)(C)OC(=O)NCCCNS(=O)(=O)c1cc(Br)cc(C(F)(F)F)c1. The number of sulfonamides is 1. The van der Waals surface area contributed by atoms with Crippen LogP contribution in [0.5, 0.6) is 0 Å². The molecule has 0 aromatic heterocycles. The standard InChI is InChI=1S/C15H20BrF3N2O4S/c1-14(2,3)25-13(22)20-5-4-6-21-26(23,24)12-8-10(15(17,18)19)7-11(16)9-12/h7-9,21H,4-6H2,1-3H3,(H,20,22). The summed E-state index contributed by atoms with van der Waals surface area (Å²) in [7, 11) is -4.12. The Morgan fingerprint density at radius 2 is 1.77 bits per heavy atom. The molecule has 0 unspecified atom stereocenters. The molecule has 2 N–H and O–H groups in total. The van der Waals surface area contributed by atoms with E-state index >= 15 is 0 Å². The van der Waals surface area contributed by atoms with Gasteiger partial charge in [-0.25, -0.2) is 17.9 Å². The lowest BCUT2D eigenvalue weighted by atomic mass is 10.2. The Balaban J connectivity index is 2.60. The number of carbonyl (C=O) groups excluding carboxylic acids is 1. The van der Waals surface area contributed by atoms with E-state index in [9.17, 15) is 26.4 Å². The molecule has 1 aromatic rings. The van der Waals surface area contributed by atoms with Gasteiger partial charge in [0, 0.05) is 17.6 Å². The highest BCUT2D eigenvalue weighted by Gasteiger charge is 2.32. The zero-order chi connectivity index (χ0) is 20.2. The number of alkyl carbamates (subject to hydrolysis) is 1. The third-order valence-corrected chi connectivity index (χ3v) is 4.72. The van der Waals surface area contributed by atoms with Gasteiger partial charge in [-0.1, -0.05) is 15.9 Å². The molecule has 0 saturated carbocycles. The van der Waals surface area contributed by atoms with Gasteiger partial charge >= 0.3 is 12.3 Å². The molecule has 0 saturated heterocycles. The van der Waals surface area contributed by atoms with Crippen molar-refractivity contribution < 1.29 is 31.1 Å². The Labute approximate surface area is 158 Å². The molecule has 0 fully saturated rings. The smallest absolute Gasteiger partial charge is 0.416 e. The van der Waals surface area contributed by atoms with E-state index in [1.165, 1.54) is 0 Å². The minimum absolute atomic E-state index is 0.000655. The largest absolute Gasteiger partial charge is 0.444 e. The summed E-state index contributed by atoms with van der Waals surface area (Å²) >= 11 is 2.88. The van der Waals surface area contributed by atoms with Crippen LogP contribution in [0, 0.1) is 0 Å². The van der Waals surface area contributed by atoms with Crippen LogP contribution in [-0.2, 0) is 20.9 Å². The quantitative estimate of drug-likeness (QED) is 0.634. The fraction of sp³-hybridized carbons (Fsp3) is 0.533. The second-order valence-corrected chi connectivity index (χ2v) is 9.04. The fourth-order valence-electron chi connectivity index (χ4n) is 1.76. The van der Waals surface area contributed by atoms with Crippen LogP contribution in [0.2, 0.25) is 0 Å². The van der Waals surface area contributed by atoms with Crippen molar-refractivity contribution in [2.75, 3.05) is 13.1 Å². The second-order valence-electron chi connectivity index (χ2n) is 6.35. The zero-order valence-electron chi connectivity index (χ0n) is 14.4. The number of ether oxygens (including phenoxy) is 1. The first-order valence-electron chi connectivity index (χ1n) is 7.55. The summed E-state index contributed by atoms with van der Waals surface area (Å²) in [5.74, 6) is 0. The van der Waals surface area contributed by atoms with E-state index in [-0.39, 0.29) is 24.0 Å². The molecule has 0 aliphatic rings. The summed E-state index contributed by atoms with van der Waals surface area (Å²) in [5.41, 5.74) is -1.72. The van der Waals surface area contributed by atoms with Crippen LogP contribution in [-0.4, -0.2) is 33.2 Å². The van der Waals surface area contributed by atoms with Gasteiger partial charge in [0.05, 0.1) is 10.5 Å². The first-order chi connectivity index (χ1) is 11.7. The van der Waals surface area contributed by atoms with Crippen molar-refractivity contribution in [3.05, 3.63) is 28.2 Å². The van der Waals surface area contributed by atoms with E-state index in [1.807, 2.05) is 0 Å². The van der Waals surface area contributed by atoms with Crippen LogP contribution in [0.25, 0.3) is 0 Å². The monoisotopic (exact) mass is 460 g/mol. The highest BCUT2D eigenvalue weighted by Crippen LogP contribution is 2.33. The van der Waals surface area contributed by atoms with Gasteiger partial charge in [0.15, 0.2) is 0 Å². The molecule has 148 valence electrons. The predicted molar refractivity (Wildman–Crippen MR) is 93.2 cm³/mol. The Morgan fingerprint density at radius 1 is 1.15 bits per heavy atom. The highest BCUT2D eigenvalue weighted by molar-refractivity contribution is 9.10. The van der Waals surface area contributed by atoms with Crippen LogP contribution in [0.1, 0.15) is 32.8 Å². The highest BCUT2D eigenvalue weighted by atomic mass is 79.9. The number of hydrogen-bond donors (Lipinski definition) is 2. The third kappa shape index (κ3) is 7.92. The van der Waals surface area contributed by atoms with E-state index in [2.05, 4.69) is 26.0 Å². The van der Waals surface area contributed by atoms with E-state index in [1.54, 1.807) is 20.8 Å². The molecule has 0 bridgehead atoms. The fourth-order valence-corrected chi connectivity index (χ4v) is 3.55. The maximum absolute atomic E-state index is 12.8. The van der Waals surface area contributed by atoms with Gasteiger partial charge in [0.2, 0.25) is 10.0 Å². The summed E-state index contributed by atoms with van der Waals surface area (Å²) in [4.78, 5) is 10.9. The lowest BCUT2D eigenvalue weighted by Gasteiger charge is -2.19. The summed E-state index contributed by atoms with van der Waals surface area (Å²) in [6, 6.07) is 2.44. The van der Waals surface area contributed by atoms with Gasteiger partial charge < -0.3 is 10.1 Å². The number of rotatable bonds is 6. The molecule has 0 aliphatic carbocycles. The number of alkyl halides is 3. The van der Waals surface area contributed by atoms with Gasteiger partial charge in [0.1, 0.15) is 5.60 Å². The van der Waals surface area contributed by atoms with E-state index < -0.39 is 38.4 Å². The first-order valence-corrected chi connectivity index (χ1v) is 9.83. The van der Waals surface area contributed by atoms with E-state index in [0.717, 1.165) is 12.1 Å². The maximum atomic E-state index is 12.8. The van der Waals surface area contributed by atoms with Crippen LogP contribution in [0.4, 0.5) is 18.0 Å². The third-order valence-electron chi connectivity index (χ3n) is 2.82. The molecule has 0 heterocycles. The number of benzene rings is 1. The van der Waals surface area contributed by atoms with Crippen molar-refractivity contribution in [1.82, 2.24) is 10.0 Å². The van der Waals surface area contributed by atoms with Crippen LogP contribution < -0.4 is 10.0 Å². The average molecular weight is 461 g/mol. The first kappa shape index (κ1) is 22.7. The number of nitrogens with one attached hydrogen (secondary N) is 2. The average Bonchev–Trinajstić information content (AvgIpc) is 2.43. The summed E-state index contributed by atoms with van der Waals surface area (Å²) < 4.78 is 69.9. The predicted octanol–water partition coefficient (Wildman–Crippen LogP) is 3.66. The van der Waals surface area contributed by atoms with Crippen molar-refractivity contribution in [2.45, 2.75) is 43.9 Å². The molecule has 26 heavy (non-hydrogen) atoms. The molecule has 6 nitrogen and oxygen atoms in total. The molecule has 1 rings (SSSR count). The Kier molecular flexibility index (Phi) is 7.49. The van der Waals surface area contributed by atoms with Crippen molar-refractivity contribution in [1.29, 1.82) is 0 Å². The molecule has 1 amide bonds. The van der Waals surface area contributed by atoms with Crippen molar-refractivity contribution >= 4 is 32.0 Å². The number of amides is 1. The molecular weight excluding hydrogens is 441 g/mol. The van der Waals surface area contributed by atoms with Crippen LogP contribution in [0.3, 0.4) is 0 Å². The van der Waals surface area contributed by atoms with E-state index in [4.69, 9.17) is 4.74 Å². The normalized spacial score (nSPS) is 12.7. The van der Waals surface area contributed by atoms with Crippen molar-refractivity contribution in [3.8, 4) is 0 Å². The van der Waals surface area contributed by atoms with E-state index in [0.29, 0.717) is 6.07 Å². The van der Waals surface area contributed by atoms with Gasteiger partial charge in [-0.3, -0.25) is 0 Å². The minimum Gasteiger partial charge on any atom is -0.444 e. The zero-order valence-corrected chi connectivity index (χ0v) is 16.8. The summed E-state index contributed by atoms with van der Waals surface area (Å²) in [6.07, 6.45) is -5.06. The number of carbonyl (C=O) groups is 1. The van der Waals surface area contributed by atoms with Gasteiger partial charge in [0.25, 0.3) is 0 Å². The molecular formula is C15H20BrF3N2O4S. The number of halogens is 4. The Bertz CT molecular complexity index is 746. The van der Waals surface area contributed by atoms with Crippen LogP contribution in [0.15, 0.2) is 27.6 Å². The maximum Gasteiger partial charge on any atom is 0.416 e. The molecule has 0 radical (unpaired) electrons. The molecule has 0 spiro atoms. The molecule has 0 atom stereocenters. The lowest BCUT2D eigenvalue weighted by Crippen LogP contribution is -2.34. The van der Waals surface area contributed by atoms with Gasteiger partial charge in [-0.05, 0) is 45.4 Å². The molecule has 0 aliphatic heterocycles. The Morgan fingerprint density at radius 3 is 2.31 bits per heavy atom. The second kappa shape index (κ2) is 8.57. The Hall–Kier alpha value is -1.33. The summed E-state index contributed by atoms with van der Waals surface area (Å²) in [6.45, 7) is 5.19.